The molecule has 102 valence electrons. The molecule has 2 aliphatic heterocycles. The highest BCUT2D eigenvalue weighted by atomic mass is 127. The number of benzene rings is 1. The molecule has 2 aliphatic rings. The molecule has 2 unspecified atom stereocenters. The summed E-state index contributed by atoms with van der Waals surface area (Å²) in [6, 6.07) is 8.81. The molecular formula is C15H19IN2O. The maximum absolute atomic E-state index is 12.7. The molecular weight excluding hydrogens is 351 g/mol. The Morgan fingerprint density at radius 2 is 2.21 bits per heavy atom. The minimum atomic E-state index is 0.203. The summed E-state index contributed by atoms with van der Waals surface area (Å²) in [6.45, 7) is 2.01. The van der Waals surface area contributed by atoms with Crippen LogP contribution in [-0.4, -0.2) is 36.0 Å². The van der Waals surface area contributed by atoms with Gasteiger partial charge >= 0.3 is 0 Å². The number of nitrogens with zero attached hydrogens (tertiary/aromatic N) is 1. The predicted molar refractivity (Wildman–Crippen MR) is 84.2 cm³/mol. The average Bonchev–Trinajstić information content (AvgIpc) is 3.08. The molecule has 1 aromatic rings. The third-order valence-corrected chi connectivity index (χ3v) is 4.87. The zero-order valence-electron chi connectivity index (χ0n) is 10.9. The lowest BCUT2D eigenvalue weighted by Crippen LogP contribution is -2.46. The van der Waals surface area contributed by atoms with Gasteiger partial charge < -0.3 is 10.2 Å². The van der Waals surface area contributed by atoms with Crippen LogP contribution in [0.5, 0.6) is 0 Å². The number of carbonyl (C=O) groups is 1. The summed E-state index contributed by atoms with van der Waals surface area (Å²) in [5, 5.41) is 3.55. The largest absolute Gasteiger partial charge is 0.334 e. The van der Waals surface area contributed by atoms with Crippen LogP contribution in [0.2, 0.25) is 0 Å². The van der Waals surface area contributed by atoms with Crippen molar-refractivity contribution in [3.8, 4) is 0 Å². The molecule has 0 bridgehead atoms. The summed E-state index contributed by atoms with van der Waals surface area (Å²) in [7, 11) is 0. The zero-order chi connectivity index (χ0) is 13.2. The van der Waals surface area contributed by atoms with E-state index >= 15 is 0 Å². The summed E-state index contributed by atoms with van der Waals surface area (Å²) < 4.78 is 1.12. The molecule has 2 saturated heterocycles. The van der Waals surface area contributed by atoms with E-state index in [2.05, 4.69) is 32.8 Å². The van der Waals surface area contributed by atoms with E-state index < -0.39 is 0 Å². The normalized spacial score (nSPS) is 26.9. The SMILES string of the molecule is O=C(c1cccc(I)c1)N1CCCC1C1CCCN1. The van der Waals surface area contributed by atoms with Gasteiger partial charge in [0.25, 0.3) is 5.91 Å². The standard InChI is InChI=1S/C15H19IN2O/c16-12-5-1-4-11(10-12)15(19)18-9-3-7-14(18)13-6-2-8-17-13/h1,4-5,10,13-14,17H,2-3,6-9H2. The first-order valence-corrected chi connectivity index (χ1v) is 8.13. The van der Waals surface area contributed by atoms with Crippen LogP contribution < -0.4 is 5.32 Å². The minimum Gasteiger partial charge on any atom is -0.334 e. The molecule has 4 heteroatoms. The lowest BCUT2D eigenvalue weighted by atomic mass is 10.0. The number of rotatable bonds is 2. The fourth-order valence-corrected chi connectivity index (χ4v) is 3.83. The van der Waals surface area contributed by atoms with Crippen LogP contribution in [0.15, 0.2) is 24.3 Å². The van der Waals surface area contributed by atoms with Gasteiger partial charge in [0.15, 0.2) is 0 Å². The van der Waals surface area contributed by atoms with E-state index in [1.165, 1.54) is 12.8 Å². The molecule has 1 N–H and O–H groups in total. The molecule has 3 rings (SSSR count). The van der Waals surface area contributed by atoms with Crippen LogP contribution in [0.4, 0.5) is 0 Å². The van der Waals surface area contributed by atoms with E-state index in [1.54, 1.807) is 0 Å². The monoisotopic (exact) mass is 370 g/mol. The third-order valence-electron chi connectivity index (χ3n) is 4.19. The molecule has 2 fully saturated rings. The average molecular weight is 370 g/mol. The Bertz CT molecular complexity index is 471. The van der Waals surface area contributed by atoms with Crippen LogP contribution in [-0.2, 0) is 0 Å². The van der Waals surface area contributed by atoms with E-state index in [-0.39, 0.29) is 5.91 Å². The highest BCUT2D eigenvalue weighted by Crippen LogP contribution is 2.26. The van der Waals surface area contributed by atoms with Gasteiger partial charge in [0.05, 0.1) is 0 Å². The van der Waals surface area contributed by atoms with Crippen molar-refractivity contribution in [2.45, 2.75) is 37.8 Å². The molecule has 19 heavy (non-hydrogen) atoms. The van der Waals surface area contributed by atoms with E-state index in [4.69, 9.17) is 0 Å². The first-order chi connectivity index (χ1) is 9.25. The minimum absolute atomic E-state index is 0.203. The second-order valence-corrected chi connectivity index (χ2v) is 6.67. The van der Waals surface area contributed by atoms with Gasteiger partial charge in [-0.1, -0.05) is 6.07 Å². The van der Waals surface area contributed by atoms with Crippen molar-refractivity contribution < 1.29 is 4.79 Å². The van der Waals surface area contributed by atoms with Crippen molar-refractivity contribution in [1.29, 1.82) is 0 Å². The number of halogens is 1. The van der Waals surface area contributed by atoms with Crippen LogP contribution in [0.25, 0.3) is 0 Å². The van der Waals surface area contributed by atoms with Crippen LogP contribution in [0.3, 0.4) is 0 Å². The Morgan fingerprint density at radius 1 is 1.32 bits per heavy atom. The van der Waals surface area contributed by atoms with Crippen LogP contribution >= 0.6 is 22.6 Å². The Kier molecular flexibility index (Phi) is 4.07. The van der Waals surface area contributed by atoms with Crippen molar-refractivity contribution in [3.05, 3.63) is 33.4 Å². The van der Waals surface area contributed by atoms with Crippen LogP contribution in [0.1, 0.15) is 36.0 Å². The fraction of sp³-hybridized carbons (Fsp3) is 0.533. The molecule has 2 atom stereocenters. The smallest absolute Gasteiger partial charge is 0.254 e. The molecule has 2 heterocycles. The maximum atomic E-state index is 12.7. The number of hydrogen-bond acceptors (Lipinski definition) is 2. The predicted octanol–water partition coefficient (Wildman–Crippen LogP) is 2.65. The van der Waals surface area contributed by atoms with E-state index in [0.717, 1.165) is 35.1 Å². The van der Waals surface area contributed by atoms with Gasteiger partial charge in [0.2, 0.25) is 0 Å². The molecule has 0 aromatic heterocycles. The zero-order valence-corrected chi connectivity index (χ0v) is 13.1. The van der Waals surface area contributed by atoms with Crippen molar-refractivity contribution in [1.82, 2.24) is 10.2 Å². The highest BCUT2D eigenvalue weighted by Gasteiger charge is 2.36. The topological polar surface area (TPSA) is 32.3 Å². The first-order valence-electron chi connectivity index (χ1n) is 7.05. The molecule has 3 nitrogen and oxygen atoms in total. The van der Waals surface area contributed by atoms with E-state index in [0.29, 0.717) is 12.1 Å². The number of nitrogens with one attached hydrogen (secondary N) is 1. The lowest BCUT2D eigenvalue weighted by Gasteiger charge is -2.29. The Labute approximate surface area is 127 Å². The van der Waals surface area contributed by atoms with Gasteiger partial charge in [0.1, 0.15) is 0 Å². The second kappa shape index (κ2) is 5.79. The number of hydrogen-bond donors (Lipinski definition) is 1. The highest BCUT2D eigenvalue weighted by molar-refractivity contribution is 14.1. The Morgan fingerprint density at radius 3 is 2.95 bits per heavy atom. The molecule has 0 saturated carbocycles. The van der Waals surface area contributed by atoms with Crippen molar-refractivity contribution in [2.24, 2.45) is 0 Å². The van der Waals surface area contributed by atoms with Crippen LogP contribution in [0, 0.1) is 3.57 Å². The van der Waals surface area contributed by atoms with Crippen molar-refractivity contribution >= 4 is 28.5 Å². The van der Waals surface area contributed by atoms with Gasteiger partial charge in [-0.05, 0) is 73.0 Å². The Hall–Kier alpha value is -0.620. The van der Waals surface area contributed by atoms with Gasteiger partial charge in [-0.3, -0.25) is 4.79 Å². The van der Waals surface area contributed by atoms with Gasteiger partial charge in [-0.2, -0.15) is 0 Å². The quantitative estimate of drug-likeness (QED) is 0.812. The first kappa shape index (κ1) is 13.4. The van der Waals surface area contributed by atoms with E-state index in [9.17, 15) is 4.79 Å². The third kappa shape index (κ3) is 2.79. The van der Waals surface area contributed by atoms with Crippen molar-refractivity contribution in [2.75, 3.05) is 13.1 Å². The summed E-state index contributed by atoms with van der Waals surface area (Å²) in [5.74, 6) is 0.203. The fourth-order valence-electron chi connectivity index (χ4n) is 3.29. The molecule has 0 radical (unpaired) electrons. The number of amides is 1. The molecule has 1 amide bonds. The summed E-state index contributed by atoms with van der Waals surface area (Å²) >= 11 is 2.26. The number of likely N-dealkylation sites (tertiary alicyclic amines) is 1. The van der Waals surface area contributed by atoms with Gasteiger partial charge in [0, 0.05) is 27.8 Å². The lowest BCUT2D eigenvalue weighted by molar-refractivity contribution is 0.0711. The Balaban J connectivity index is 1.78. The summed E-state index contributed by atoms with van der Waals surface area (Å²) in [4.78, 5) is 14.8. The molecule has 1 aromatic carbocycles. The maximum Gasteiger partial charge on any atom is 0.254 e. The summed E-state index contributed by atoms with van der Waals surface area (Å²) in [6.07, 6.45) is 4.74. The summed E-state index contributed by atoms with van der Waals surface area (Å²) in [5.41, 5.74) is 0.830. The van der Waals surface area contributed by atoms with Gasteiger partial charge in [-0.25, -0.2) is 0 Å². The number of carbonyl (C=O) groups excluding carboxylic acids is 1. The van der Waals surface area contributed by atoms with Crippen molar-refractivity contribution in [3.63, 3.8) is 0 Å². The van der Waals surface area contributed by atoms with Gasteiger partial charge in [-0.15, -0.1) is 0 Å². The molecule has 0 spiro atoms. The van der Waals surface area contributed by atoms with E-state index in [1.807, 2.05) is 24.3 Å². The second-order valence-electron chi connectivity index (χ2n) is 5.42. The molecule has 0 aliphatic carbocycles.